The smallest absolute Gasteiger partial charge is 0.410 e. The lowest BCUT2D eigenvalue weighted by molar-refractivity contribution is -0.121. The molecule has 2 fully saturated rings. The summed E-state index contributed by atoms with van der Waals surface area (Å²) in [6.07, 6.45) is -0.342. The van der Waals surface area contributed by atoms with E-state index in [-0.39, 0.29) is 24.1 Å². The quantitative estimate of drug-likeness (QED) is 0.610. The third kappa shape index (κ3) is 2.52. The summed E-state index contributed by atoms with van der Waals surface area (Å²) in [5.41, 5.74) is -0.506. The number of nitrogens with zero attached hydrogens (tertiary/aromatic N) is 1. The Labute approximate surface area is 101 Å². The zero-order valence-corrected chi connectivity index (χ0v) is 10.4. The lowest BCUT2D eigenvalue weighted by Crippen LogP contribution is -2.60. The average Bonchev–Trinajstić information content (AvgIpc) is 2.58. The van der Waals surface area contributed by atoms with Crippen LogP contribution in [0, 0.1) is 0 Å². The van der Waals surface area contributed by atoms with Gasteiger partial charge in [0, 0.05) is 19.6 Å². The molecular formula is C11H19N3O3. The van der Waals surface area contributed by atoms with Crippen molar-refractivity contribution in [3.8, 4) is 0 Å². The van der Waals surface area contributed by atoms with Crippen LogP contribution in [-0.2, 0) is 9.53 Å². The van der Waals surface area contributed by atoms with Gasteiger partial charge in [0.25, 0.3) is 0 Å². The highest BCUT2D eigenvalue weighted by molar-refractivity contribution is 5.86. The van der Waals surface area contributed by atoms with Crippen molar-refractivity contribution in [2.24, 2.45) is 0 Å². The zero-order valence-electron chi connectivity index (χ0n) is 10.4. The molecule has 2 heterocycles. The lowest BCUT2D eigenvalue weighted by atomic mass is 10.1. The minimum absolute atomic E-state index is 0.0386. The summed E-state index contributed by atoms with van der Waals surface area (Å²) in [7, 11) is 0. The van der Waals surface area contributed by atoms with Crippen molar-refractivity contribution in [1.82, 2.24) is 15.5 Å². The molecular weight excluding hydrogens is 222 g/mol. The summed E-state index contributed by atoms with van der Waals surface area (Å²) in [4.78, 5) is 25.2. The molecule has 2 unspecified atom stereocenters. The highest BCUT2D eigenvalue weighted by Crippen LogP contribution is 2.18. The predicted octanol–water partition coefficient (Wildman–Crippen LogP) is -0.306. The van der Waals surface area contributed by atoms with Crippen molar-refractivity contribution in [3.05, 3.63) is 0 Å². The van der Waals surface area contributed by atoms with Gasteiger partial charge in [-0.15, -0.1) is 0 Å². The van der Waals surface area contributed by atoms with Crippen LogP contribution < -0.4 is 10.6 Å². The molecule has 0 aliphatic carbocycles. The molecule has 2 amide bonds. The first-order chi connectivity index (χ1) is 7.88. The molecule has 2 saturated heterocycles. The Bertz CT molecular complexity index is 337. The number of hydrogen-bond donors (Lipinski definition) is 2. The van der Waals surface area contributed by atoms with Crippen molar-refractivity contribution >= 4 is 12.0 Å². The third-order valence-corrected chi connectivity index (χ3v) is 2.90. The first-order valence-corrected chi connectivity index (χ1v) is 5.89. The van der Waals surface area contributed by atoms with E-state index in [1.54, 1.807) is 4.90 Å². The number of piperazine rings is 1. The number of rotatable bonds is 0. The van der Waals surface area contributed by atoms with Gasteiger partial charge in [-0.1, -0.05) is 0 Å². The van der Waals surface area contributed by atoms with Crippen LogP contribution in [0.3, 0.4) is 0 Å². The fourth-order valence-corrected chi connectivity index (χ4v) is 2.18. The van der Waals surface area contributed by atoms with Crippen LogP contribution in [0.15, 0.2) is 0 Å². The van der Waals surface area contributed by atoms with Gasteiger partial charge in [0.05, 0.1) is 6.04 Å². The molecule has 6 heteroatoms. The number of carbonyl (C=O) groups excluding carboxylic acids is 2. The van der Waals surface area contributed by atoms with E-state index in [1.165, 1.54) is 0 Å². The Morgan fingerprint density at radius 3 is 2.82 bits per heavy atom. The Balaban J connectivity index is 2.05. The summed E-state index contributed by atoms with van der Waals surface area (Å²) in [6.45, 7) is 7.20. The highest BCUT2D eigenvalue weighted by atomic mass is 16.6. The van der Waals surface area contributed by atoms with Crippen LogP contribution in [0.4, 0.5) is 4.79 Å². The van der Waals surface area contributed by atoms with Crippen molar-refractivity contribution in [2.45, 2.75) is 38.5 Å². The summed E-state index contributed by atoms with van der Waals surface area (Å²) in [5.74, 6) is -0.0386. The average molecular weight is 241 g/mol. The maximum atomic E-state index is 12.0. The van der Waals surface area contributed by atoms with Crippen molar-refractivity contribution in [2.75, 3.05) is 19.6 Å². The van der Waals surface area contributed by atoms with Gasteiger partial charge in [-0.25, -0.2) is 4.79 Å². The van der Waals surface area contributed by atoms with E-state index < -0.39 is 5.60 Å². The molecule has 96 valence electrons. The molecule has 0 spiro atoms. The van der Waals surface area contributed by atoms with E-state index in [9.17, 15) is 9.59 Å². The Hall–Kier alpha value is -1.30. The maximum Gasteiger partial charge on any atom is 0.410 e. The molecule has 2 atom stereocenters. The predicted molar refractivity (Wildman–Crippen MR) is 61.5 cm³/mol. The first-order valence-electron chi connectivity index (χ1n) is 5.89. The van der Waals surface area contributed by atoms with Crippen molar-refractivity contribution < 1.29 is 14.3 Å². The van der Waals surface area contributed by atoms with Crippen molar-refractivity contribution in [1.29, 1.82) is 0 Å². The highest BCUT2D eigenvalue weighted by Gasteiger charge is 2.43. The summed E-state index contributed by atoms with van der Waals surface area (Å²) >= 11 is 0. The standard InChI is InChI=1S/C11H19N3O3/c1-11(2,3)17-10(16)14-5-4-12-8-7(14)6-13-9(8)15/h7-8,12H,4-6H2,1-3H3,(H,13,15). The molecule has 2 aliphatic heterocycles. The molecule has 0 aromatic rings. The van der Waals surface area contributed by atoms with Crippen LogP contribution in [0.2, 0.25) is 0 Å². The minimum atomic E-state index is -0.506. The van der Waals surface area contributed by atoms with Gasteiger partial charge < -0.3 is 20.3 Å². The Morgan fingerprint density at radius 1 is 1.47 bits per heavy atom. The first kappa shape index (κ1) is 12.2. The van der Waals surface area contributed by atoms with Gasteiger partial charge >= 0.3 is 6.09 Å². The molecule has 2 N–H and O–H groups in total. The number of nitrogens with one attached hydrogen (secondary N) is 2. The van der Waals surface area contributed by atoms with Gasteiger partial charge in [-0.3, -0.25) is 4.79 Å². The molecule has 0 aromatic heterocycles. The van der Waals surface area contributed by atoms with E-state index in [4.69, 9.17) is 4.74 Å². The molecule has 0 bridgehead atoms. The zero-order chi connectivity index (χ0) is 12.6. The SMILES string of the molecule is CC(C)(C)OC(=O)N1CCNC2C(=O)NCC21. The molecule has 0 saturated carbocycles. The van der Waals surface area contributed by atoms with Crippen molar-refractivity contribution in [3.63, 3.8) is 0 Å². The van der Waals surface area contributed by atoms with Crippen LogP contribution >= 0.6 is 0 Å². The third-order valence-electron chi connectivity index (χ3n) is 2.90. The van der Waals surface area contributed by atoms with Crippen LogP contribution in [-0.4, -0.2) is 54.2 Å². The number of fused-ring (bicyclic) bond motifs is 1. The topological polar surface area (TPSA) is 70.7 Å². The monoisotopic (exact) mass is 241 g/mol. The van der Waals surface area contributed by atoms with Gasteiger partial charge in [0.15, 0.2) is 0 Å². The number of ether oxygens (including phenoxy) is 1. The van der Waals surface area contributed by atoms with E-state index in [0.29, 0.717) is 19.6 Å². The largest absolute Gasteiger partial charge is 0.444 e. The summed E-state index contributed by atoms with van der Waals surface area (Å²) in [6, 6.07) is -0.428. The normalized spacial score (nSPS) is 28.6. The second-order valence-electron chi connectivity index (χ2n) is 5.42. The molecule has 2 rings (SSSR count). The van der Waals surface area contributed by atoms with Gasteiger partial charge in [-0.05, 0) is 20.8 Å². The molecule has 2 aliphatic rings. The molecule has 17 heavy (non-hydrogen) atoms. The van der Waals surface area contributed by atoms with Crippen LogP contribution in [0.5, 0.6) is 0 Å². The maximum absolute atomic E-state index is 12.0. The fourth-order valence-electron chi connectivity index (χ4n) is 2.18. The van der Waals surface area contributed by atoms with Crippen LogP contribution in [0.1, 0.15) is 20.8 Å². The Kier molecular flexibility index (Phi) is 2.99. The second-order valence-corrected chi connectivity index (χ2v) is 5.42. The van der Waals surface area contributed by atoms with Gasteiger partial charge in [0.2, 0.25) is 5.91 Å². The number of amides is 2. The van der Waals surface area contributed by atoms with Crippen LogP contribution in [0.25, 0.3) is 0 Å². The van der Waals surface area contributed by atoms with E-state index in [1.807, 2.05) is 20.8 Å². The second kappa shape index (κ2) is 4.18. The van der Waals surface area contributed by atoms with Gasteiger partial charge in [0.1, 0.15) is 11.6 Å². The van der Waals surface area contributed by atoms with E-state index in [2.05, 4.69) is 10.6 Å². The minimum Gasteiger partial charge on any atom is -0.444 e. The Morgan fingerprint density at radius 2 is 2.18 bits per heavy atom. The van der Waals surface area contributed by atoms with Gasteiger partial charge in [-0.2, -0.15) is 0 Å². The van der Waals surface area contributed by atoms with E-state index in [0.717, 1.165) is 0 Å². The summed E-state index contributed by atoms with van der Waals surface area (Å²) in [5, 5.41) is 5.88. The lowest BCUT2D eigenvalue weighted by Gasteiger charge is -2.37. The number of carbonyl (C=O) groups is 2. The molecule has 0 aromatic carbocycles. The fraction of sp³-hybridized carbons (Fsp3) is 0.818. The molecule has 0 radical (unpaired) electrons. The number of hydrogen-bond acceptors (Lipinski definition) is 4. The molecule has 6 nitrogen and oxygen atoms in total. The van der Waals surface area contributed by atoms with E-state index >= 15 is 0 Å². The summed E-state index contributed by atoms with van der Waals surface area (Å²) < 4.78 is 5.34.